The quantitative estimate of drug-likeness (QED) is 0.399. The van der Waals surface area contributed by atoms with E-state index < -0.39 is 0 Å². The zero-order chi connectivity index (χ0) is 11.4. The third kappa shape index (κ3) is 10.5. The maximum absolute atomic E-state index is 5.61. The number of methoxy groups -OCH3 is 2. The highest BCUT2D eigenvalue weighted by Gasteiger charge is 2.04. The number of hydroxylamine groups is 2. The third-order valence-corrected chi connectivity index (χ3v) is 2.55. The molecule has 0 N–H and O–H groups in total. The highest BCUT2D eigenvalue weighted by atomic mass is 32.2. The third-order valence-electron chi connectivity index (χ3n) is 1.86. The zero-order valence-corrected chi connectivity index (χ0v) is 10.8. The monoisotopic (exact) mass is 237 g/mol. The largest absolute Gasteiger partial charge is 0.383 e. The molecule has 0 aromatic carbocycles. The molecule has 0 radical (unpaired) electrons. The van der Waals surface area contributed by atoms with E-state index in [-0.39, 0.29) is 0 Å². The van der Waals surface area contributed by atoms with Crippen LogP contribution in [0.4, 0.5) is 0 Å². The molecule has 0 unspecified atom stereocenters. The molecule has 0 aromatic heterocycles. The van der Waals surface area contributed by atoms with Gasteiger partial charge in [-0.05, 0) is 18.4 Å². The van der Waals surface area contributed by atoms with Crippen molar-refractivity contribution in [2.24, 2.45) is 0 Å². The van der Waals surface area contributed by atoms with Gasteiger partial charge >= 0.3 is 0 Å². The summed E-state index contributed by atoms with van der Waals surface area (Å²) in [6, 6.07) is 0. The van der Waals surface area contributed by atoms with E-state index >= 15 is 0 Å². The van der Waals surface area contributed by atoms with Crippen molar-refractivity contribution >= 4 is 11.8 Å². The fourth-order valence-electron chi connectivity index (χ4n) is 1.02. The van der Waals surface area contributed by atoms with Gasteiger partial charge in [-0.2, -0.15) is 16.8 Å². The fourth-order valence-corrected chi connectivity index (χ4v) is 1.43. The van der Waals surface area contributed by atoms with Crippen molar-refractivity contribution in [1.82, 2.24) is 5.06 Å². The van der Waals surface area contributed by atoms with Gasteiger partial charge in [0.2, 0.25) is 0 Å². The van der Waals surface area contributed by atoms with Crippen molar-refractivity contribution < 1.29 is 14.3 Å². The van der Waals surface area contributed by atoms with Crippen LogP contribution in [-0.2, 0) is 14.3 Å². The summed E-state index contributed by atoms with van der Waals surface area (Å²) < 4.78 is 10.0. The summed E-state index contributed by atoms with van der Waals surface area (Å²) in [7, 11) is 3.39. The molecule has 0 rings (SSSR count). The molecule has 0 fully saturated rings. The van der Waals surface area contributed by atoms with Crippen LogP contribution in [0.3, 0.4) is 0 Å². The van der Waals surface area contributed by atoms with Crippen LogP contribution in [0.25, 0.3) is 0 Å². The Balaban J connectivity index is 3.49. The molecule has 15 heavy (non-hydrogen) atoms. The maximum atomic E-state index is 5.61. The summed E-state index contributed by atoms with van der Waals surface area (Å²) in [5, 5.41) is 1.91. The fraction of sp³-hybridized carbons (Fsp3) is 1.00. The number of thioether (sulfide) groups is 1. The molecule has 0 atom stereocenters. The second-order valence-electron chi connectivity index (χ2n) is 3.09. The van der Waals surface area contributed by atoms with Crippen LogP contribution in [0.15, 0.2) is 0 Å². The van der Waals surface area contributed by atoms with Gasteiger partial charge in [-0.1, -0.05) is 0 Å². The second-order valence-corrected chi connectivity index (χ2v) is 4.08. The van der Waals surface area contributed by atoms with E-state index in [0.29, 0.717) is 13.2 Å². The minimum atomic E-state index is 0.687. The Morgan fingerprint density at radius 1 is 1.00 bits per heavy atom. The summed E-state index contributed by atoms with van der Waals surface area (Å²) in [6.07, 6.45) is 3.19. The summed E-state index contributed by atoms with van der Waals surface area (Å²) in [5.74, 6) is 1.14. The molecule has 5 heteroatoms. The molecule has 4 nitrogen and oxygen atoms in total. The first kappa shape index (κ1) is 15.2. The molecule has 0 aromatic rings. The minimum absolute atomic E-state index is 0.687. The predicted octanol–water partition coefficient (Wildman–Crippen LogP) is 1.27. The minimum Gasteiger partial charge on any atom is -0.383 e. The van der Waals surface area contributed by atoms with Gasteiger partial charge < -0.3 is 9.47 Å². The van der Waals surface area contributed by atoms with Crippen molar-refractivity contribution in [3.63, 3.8) is 0 Å². The molecule has 0 spiro atoms. The summed E-state index contributed by atoms with van der Waals surface area (Å²) in [5.41, 5.74) is 0. The molecule has 0 heterocycles. The lowest BCUT2D eigenvalue weighted by molar-refractivity contribution is -0.170. The second kappa shape index (κ2) is 12.3. The Bertz CT molecular complexity index is 119. The smallest absolute Gasteiger partial charge is 0.0693 e. The zero-order valence-electron chi connectivity index (χ0n) is 10.0. The van der Waals surface area contributed by atoms with Crippen LogP contribution in [0.2, 0.25) is 0 Å². The van der Waals surface area contributed by atoms with Crippen molar-refractivity contribution in [1.29, 1.82) is 0 Å². The van der Waals surface area contributed by atoms with Crippen LogP contribution in [0, 0.1) is 0 Å². The van der Waals surface area contributed by atoms with E-state index in [9.17, 15) is 0 Å². The van der Waals surface area contributed by atoms with Crippen molar-refractivity contribution in [3.8, 4) is 0 Å². The Labute approximate surface area is 97.2 Å². The molecule has 0 amide bonds. The van der Waals surface area contributed by atoms with E-state index in [1.165, 1.54) is 0 Å². The van der Waals surface area contributed by atoms with E-state index in [0.717, 1.165) is 31.9 Å². The van der Waals surface area contributed by atoms with Crippen molar-refractivity contribution in [2.45, 2.75) is 6.42 Å². The summed E-state index contributed by atoms with van der Waals surface area (Å²) in [4.78, 5) is 5.61. The molecular weight excluding hydrogens is 214 g/mol. The molecular formula is C10H23NO3S. The SMILES string of the molecule is COCCN(CCOC)OCCCSC. The van der Waals surface area contributed by atoms with E-state index in [4.69, 9.17) is 14.3 Å². The lowest BCUT2D eigenvalue weighted by atomic mass is 10.5. The lowest BCUT2D eigenvalue weighted by Gasteiger charge is -2.20. The first-order chi connectivity index (χ1) is 7.35. The Morgan fingerprint density at radius 2 is 1.60 bits per heavy atom. The molecule has 0 saturated carbocycles. The molecule has 0 bridgehead atoms. The van der Waals surface area contributed by atoms with Gasteiger partial charge in [-0.15, -0.1) is 0 Å². The van der Waals surface area contributed by atoms with Gasteiger partial charge in [0.15, 0.2) is 0 Å². The Morgan fingerprint density at radius 3 is 2.07 bits per heavy atom. The molecule has 0 aliphatic heterocycles. The van der Waals surface area contributed by atoms with E-state index in [1.54, 1.807) is 14.2 Å². The first-order valence-corrected chi connectivity index (χ1v) is 6.59. The van der Waals surface area contributed by atoms with Gasteiger partial charge in [0, 0.05) is 27.3 Å². The number of hydrogen-bond acceptors (Lipinski definition) is 5. The van der Waals surface area contributed by atoms with Gasteiger partial charge in [0.1, 0.15) is 0 Å². The van der Waals surface area contributed by atoms with E-state index in [1.807, 2.05) is 16.8 Å². The molecule has 0 aliphatic carbocycles. The maximum Gasteiger partial charge on any atom is 0.0693 e. The summed E-state index contributed by atoms with van der Waals surface area (Å²) in [6.45, 7) is 3.73. The van der Waals surface area contributed by atoms with Crippen molar-refractivity contribution in [2.75, 3.05) is 59.1 Å². The number of hydrogen-bond donors (Lipinski definition) is 0. The highest BCUT2D eigenvalue weighted by Crippen LogP contribution is 1.98. The highest BCUT2D eigenvalue weighted by molar-refractivity contribution is 7.98. The predicted molar refractivity (Wildman–Crippen MR) is 64.3 cm³/mol. The van der Waals surface area contributed by atoms with Crippen LogP contribution >= 0.6 is 11.8 Å². The first-order valence-electron chi connectivity index (χ1n) is 5.19. The molecule has 92 valence electrons. The topological polar surface area (TPSA) is 30.9 Å². The van der Waals surface area contributed by atoms with Gasteiger partial charge in [0.25, 0.3) is 0 Å². The van der Waals surface area contributed by atoms with Gasteiger partial charge in [-0.25, -0.2) is 0 Å². The average Bonchev–Trinajstić information content (AvgIpc) is 2.27. The van der Waals surface area contributed by atoms with Crippen LogP contribution in [0.5, 0.6) is 0 Å². The average molecular weight is 237 g/mol. The van der Waals surface area contributed by atoms with Crippen molar-refractivity contribution in [3.05, 3.63) is 0 Å². The number of ether oxygens (including phenoxy) is 2. The Kier molecular flexibility index (Phi) is 12.4. The molecule has 0 aliphatic rings. The Hall–Kier alpha value is 0.190. The summed E-state index contributed by atoms with van der Waals surface area (Å²) >= 11 is 1.84. The lowest BCUT2D eigenvalue weighted by Crippen LogP contribution is -2.31. The number of nitrogens with zero attached hydrogens (tertiary/aromatic N) is 1. The van der Waals surface area contributed by atoms with Gasteiger partial charge in [0.05, 0.1) is 19.8 Å². The molecule has 0 saturated heterocycles. The van der Waals surface area contributed by atoms with Crippen LogP contribution in [0.1, 0.15) is 6.42 Å². The van der Waals surface area contributed by atoms with Crippen LogP contribution < -0.4 is 0 Å². The van der Waals surface area contributed by atoms with Crippen LogP contribution in [-0.4, -0.2) is 64.2 Å². The normalized spacial score (nSPS) is 11.2. The number of rotatable bonds is 11. The standard InChI is InChI=1S/C10H23NO3S/c1-12-8-5-11(6-9-13-2)14-7-4-10-15-3/h4-10H2,1-3H3. The van der Waals surface area contributed by atoms with Gasteiger partial charge in [-0.3, -0.25) is 4.84 Å². The van der Waals surface area contributed by atoms with E-state index in [2.05, 4.69) is 6.26 Å².